The maximum Gasteiger partial charge on any atom is 0.297 e. The summed E-state index contributed by atoms with van der Waals surface area (Å²) in [7, 11) is -4.06. The van der Waals surface area contributed by atoms with Gasteiger partial charge in [0.15, 0.2) is 0 Å². The van der Waals surface area contributed by atoms with Crippen LogP contribution in [-0.4, -0.2) is 34.3 Å². The highest BCUT2D eigenvalue weighted by Gasteiger charge is 2.39. The number of unbranched alkanes of at least 4 members (excludes halogenated alkanes) is 15. The van der Waals surface area contributed by atoms with Crippen molar-refractivity contribution >= 4 is 10.1 Å². The molecular formula is C46H62O5S. The first-order valence-corrected chi connectivity index (χ1v) is 21.3. The topological polar surface area (TPSA) is 61.8 Å². The van der Waals surface area contributed by atoms with E-state index in [9.17, 15) is 8.42 Å². The molecule has 0 aliphatic rings. The van der Waals surface area contributed by atoms with Gasteiger partial charge in [0.1, 0.15) is 11.7 Å². The van der Waals surface area contributed by atoms with Gasteiger partial charge in [-0.3, -0.25) is 4.18 Å². The normalized spacial score (nSPS) is 12.6. The highest BCUT2D eigenvalue weighted by Crippen LogP contribution is 2.40. The van der Waals surface area contributed by atoms with E-state index in [-0.39, 0.29) is 18.1 Å². The van der Waals surface area contributed by atoms with E-state index in [1.54, 1.807) is 30.3 Å². The maximum atomic E-state index is 13.4. The Morgan fingerprint density at radius 3 is 1.25 bits per heavy atom. The van der Waals surface area contributed by atoms with Crippen LogP contribution >= 0.6 is 0 Å². The van der Waals surface area contributed by atoms with Crippen LogP contribution in [0, 0.1) is 0 Å². The molecule has 52 heavy (non-hydrogen) atoms. The molecular weight excluding hydrogens is 665 g/mol. The third kappa shape index (κ3) is 13.9. The third-order valence-corrected chi connectivity index (χ3v) is 11.1. The van der Waals surface area contributed by atoms with Crippen LogP contribution in [0.3, 0.4) is 0 Å². The number of benzene rings is 4. The molecule has 0 aromatic heterocycles. The molecule has 4 aromatic carbocycles. The summed E-state index contributed by atoms with van der Waals surface area (Å²) in [4.78, 5) is 0.109. The molecule has 1 atom stereocenters. The Morgan fingerprint density at radius 2 is 0.846 bits per heavy atom. The van der Waals surface area contributed by atoms with Gasteiger partial charge in [-0.2, -0.15) is 8.42 Å². The minimum Gasteiger partial charge on any atom is -0.379 e. The van der Waals surface area contributed by atoms with Crippen molar-refractivity contribution in [2.75, 3.05) is 19.8 Å². The van der Waals surface area contributed by atoms with Gasteiger partial charge < -0.3 is 9.47 Å². The zero-order valence-electron chi connectivity index (χ0n) is 31.5. The second-order valence-corrected chi connectivity index (χ2v) is 15.5. The van der Waals surface area contributed by atoms with Crippen LogP contribution in [0.4, 0.5) is 0 Å². The average Bonchev–Trinajstić information content (AvgIpc) is 3.19. The Kier molecular flexibility index (Phi) is 19.2. The molecule has 282 valence electrons. The van der Waals surface area contributed by atoms with Crippen molar-refractivity contribution in [3.8, 4) is 0 Å². The largest absolute Gasteiger partial charge is 0.379 e. The lowest BCUT2D eigenvalue weighted by molar-refractivity contribution is -0.0535. The maximum absolute atomic E-state index is 13.4. The van der Waals surface area contributed by atoms with Crippen LogP contribution in [-0.2, 0) is 29.4 Å². The van der Waals surface area contributed by atoms with Crippen LogP contribution in [0.1, 0.15) is 126 Å². The Hall–Kier alpha value is -3.29. The van der Waals surface area contributed by atoms with E-state index in [4.69, 9.17) is 13.7 Å². The first kappa shape index (κ1) is 41.5. The third-order valence-electron chi connectivity index (χ3n) is 9.77. The van der Waals surface area contributed by atoms with Crippen molar-refractivity contribution in [1.82, 2.24) is 0 Å². The number of hydrogen-bond acceptors (Lipinski definition) is 5. The van der Waals surface area contributed by atoms with Crippen LogP contribution in [0.5, 0.6) is 0 Å². The van der Waals surface area contributed by atoms with Crippen LogP contribution in [0.25, 0.3) is 0 Å². The highest BCUT2D eigenvalue weighted by molar-refractivity contribution is 7.86. The monoisotopic (exact) mass is 726 g/mol. The minimum absolute atomic E-state index is 0.0102. The summed E-state index contributed by atoms with van der Waals surface area (Å²) in [6.45, 7) is 2.91. The van der Waals surface area contributed by atoms with Crippen LogP contribution in [0.2, 0.25) is 0 Å². The lowest BCUT2D eigenvalue weighted by Gasteiger charge is -2.37. The predicted molar refractivity (Wildman–Crippen MR) is 214 cm³/mol. The number of hydrogen-bond donors (Lipinski definition) is 0. The molecule has 4 aromatic rings. The van der Waals surface area contributed by atoms with Gasteiger partial charge in [0.25, 0.3) is 10.1 Å². The van der Waals surface area contributed by atoms with Crippen molar-refractivity contribution in [2.45, 2.75) is 126 Å². The molecule has 0 spiro atoms. The molecule has 1 unspecified atom stereocenters. The van der Waals surface area contributed by atoms with E-state index in [1.165, 1.54) is 89.9 Å². The van der Waals surface area contributed by atoms with Gasteiger partial charge in [-0.25, -0.2) is 0 Å². The molecule has 0 bridgehead atoms. The summed E-state index contributed by atoms with van der Waals surface area (Å²) >= 11 is 0. The Morgan fingerprint density at radius 1 is 0.481 bits per heavy atom. The van der Waals surface area contributed by atoms with E-state index >= 15 is 0 Å². The summed E-state index contributed by atoms with van der Waals surface area (Å²) in [5, 5.41) is 0. The zero-order valence-corrected chi connectivity index (χ0v) is 32.3. The first-order valence-electron chi connectivity index (χ1n) is 19.9. The molecule has 0 amide bonds. The second-order valence-electron chi connectivity index (χ2n) is 14.0. The van der Waals surface area contributed by atoms with Gasteiger partial charge in [0.2, 0.25) is 0 Å². The van der Waals surface area contributed by atoms with E-state index in [2.05, 4.69) is 6.92 Å². The summed E-state index contributed by atoms with van der Waals surface area (Å²) in [5.74, 6) is 0. The van der Waals surface area contributed by atoms with Crippen molar-refractivity contribution in [1.29, 1.82) is 0 Å². The Bertz CT molecular complexity index is 1470. The first-order chi connectivity index (χ1) is 25.6. The molecule has 0 heterocycles. The molecule has 6 heteroatoms. The van der Waals surface area contributed by atoms with Gasteiger partial charge in [-0.15, -0.1) is 0 Å². The molecule has 5 nitrogen and oxygen atoms in total. The van der Waals surface area contributed by atoms with Crippen molar-refractivity contribution in [2.24, 2.45) is 0 Å². The molecule has 0 N–H and O–H groups in total. The quantitative estimate of drug-likeness (QED) is 0.0331. The SMILES string of the molecule is CCCCCCCCCCCCCCCCCCOCC(COC(c1ccccc1)(c1ccccc1)c1ccccc1)OS(=O)(=O)c1ccccc1. The fourth-order valence-electron chi connectivity index (χ4n) is 6.88. The van der Waals surface area contributed by atoms with E-state index in [0.29, 0.717) is 6.61 Å². The van der Waals surface area contributed by atoms with Crippen molar-refractivity contribution < 1.29 is 22.1 Å². The fraction of sp³-hybridized carbons (Fsp3) is 0.478. The minimum atomic E-state index is -4.06. The second kappa shape index (κ2) is 24.1. The Balaban J connectivity index is 1.30. The van der Waals surface area contributed by atoms with Crippen molar-refractivity contribution in [3.05, 3.63) is 138 Å². The van der Waals surface area contributed by atoms with Gasteiger partial charge in [0.05, 0.1) is 18.1 Å². The van der Waals surface area contributed by atoms with E-state index in [0.717, 1.165) is 29.5 Å². The summed E-state index contributed by atoms with van der Waals surface area (Å²) < 4.78 is 45.8. The molecule has 0 radical (unpaired) electrons. The van der Waals surface area contributed by atoms with Crippen molar-refractivity contribution in [3.63, 3.8) is 0 Å². The standard InChI is InChI=1S/C46H62O5S/c1-2-3-4-5-6-7-8-9-10-11-12-13-14-15-16-29-38-49-39-44(51-52(47,48)45-36-27-20-28-37-45)40-50-46(41-30-21-17-22-31-41,42-32-23-18-24-33-42)43-34-25-19-26-35-43/h17-28,30-37,44H,2-16,29,38-40H2,1H3. The van der Waals surface area contributed by atoms with Gasteiger partial charge in [-0.1, -0.05) is 212 Å². The Labute approximate surface area is 315 Å². The average molecular weight is 727 g/mol. The zero-order chi connectivity index (χ0) is 36.6. The lowest BCUT2D eigenvalue weighted by Crippen LogP contribution is -2.38. The summed E-state index contributed by atoms with van der Waals surface area (Å²) in [5.41, 5.74) is 1.80. The smallest absolute Gasteiger partial charge is 0.297 e. The molecule has 0 aliphatic carbocycles. The summed E-state index contributed by atoms with van der Waals surface area (Å²) in [6.07, 6.45) is 20.1. The number of ether oxygens (including phenoxy) is 2. The van der Waals surface area contributed by atoms with E-state index in [1.807, 2.05) is 91.0 Å². The van der Waals surface area contributed by atoms with Crippen LogP contribution in [0.15, 0.2) is 126 Å². The molecule has 0 saturated heterocycles. The van der Waals surface area contributed by atoms with Gasteiger partial charge >= 0.3 is 0 Å². The van der Waals surface area contributed by atoms with Crippen LogP contribution < -0.4 is 0 Å². The molecule has 0 fully saturated rings. The van der Waals surface area contributed by atoms with Gasteiger partial charge in [-0.05, 0) is 35.2 Å². The number of rotatable bonds is 28. The lowest BCUT2D eigenvalue weighted by atomic mass is 9.80. The predicted octanol–water partition coefficient (Wildman–Crippen LogP) is 12.0. The highest BCUT2D eigenvalue weighted by atomic mass is 32.2. The van der Waals surface area contributed by atoms with Gasteiger partial charge in [0, 0.05) is 6.61 Å². The molecule has 4 rings (SSSR count). The van der Waals surface area contributed by atoms with E-state index < -0.39 is 21.8 Å². The summed E-state index contributed by atoms with van der Waals surface area (Å²) in [6, 6.07) is 38.5. The fourth-order valence-corrected chi connectivity index (χ4v) is 7.95. The molecule has 0 aliphatic heterocycles. The molecule has 0 saturated carbocycles.